The highest BCUT2D eigenvalue weighted by Gasteiger charge is 2.21. The number of halogens is 1. The van der Waals surface area contributed by atoms with Gasteiger partial charge in [0.15, 0.2) is 0 Å². The molecule has 7 nitrogen and oxygen atoms in total. The van der Waals surface area contributed by atoms with Gasteiger partial charge >= 0.3 is 5.97 Å². The molecule has 0 spiro atoms. The van der Waals surface area contributed by atoms with E-state index in [4.69, 9.17) is 14.6 Å². The standard InChI is InChI=1S/C19H17N3O4.ClH/c1-25-12-4-2-11(3-5-12)7-21-18-15-10-26-9-14(15)13-6-16(19(23)24)20-8-17(13)22-18;/h2-6,8H,7,9-10H2,1H3,(H,21,22)(H,23,24);1H. The first-order valence-corrected chi connectivity index (χ1v) is 8.15. The van der Waals surface area contributed by atoms with E-state index in [1.165, 1.54) is 6.20 Å². The summed E-state index contributed by atoms with van der Waals surface area (Å²) in [5.41, 5.74) is 3.69. The molecule has 1 aliphatic rings. The van der Waals surface area contributed by atoms with Gasteiger partial charge in [0.05, 0.1) is 32.0 Å². The molecule has 0 saturated carbocycles. The van der Waals surface area contributed by atoms with Crippen LogP contribution in [0.25, 0.3) is 10.9 Å². The second-order valence-electron chi connectivity index (χ2n) is 6.00. The van der Waals surface area contributed by atoms with Crippen LogP contribution in [0.3, 0.4) is 0 Å². The number of nitrogens with zero attached hydrogens (tertiary/aromatic N) is 2. The zero-order chi connectivity index (χ0) is 18.1. The van der Waals surface area contributed by atoms with Crippen LogP contribution in [0.5, 0.6) is 5.75 Å². The highest BCUT2D eigenvalue weighted by molar-refractivity contribution is 5.93. The number of fused-ring (bicyclic) bond motifs is 3. The number of aromatic nitrogens is 2. The summed E-state index contributed by atoms with van der Waals surface area (Å²) in [6, 6.07) is 9.37. The zero-order valence-corrected chi connectivity index (χ0v) is 15.4. The zero-order valence-electron chi connectivity index (χ0n) is 14.6. The van der Waals surface area contributed by atoms with Gasteiger partial charge in [0, 0.05) is 17.5 Å². The summed E-state index contributed by atoms with van der Waals surface area (Å²) in [5, 5.41) is 13.3. The molecular formula is C19H18ClN3O4. The van der Waals surface area contributed by atoms with E-state index in [0.717, 1.165) is 33.6 Å². The molecule has 3 aromatic rings. The number of benzene rings is 1. The van der Waals surface area contributed by atoms with Crippen molar-refractivity contribution in [2.24, 2.45) is 0 Å². The maximum atomic E-state index is 11.2. The van der Waals surface area contributed by atoms with Crippen molar-refractivity contribution in [3.05, 3.63) is 58.9 Å². The Morgan fingerprint density at radius 2 is 2.00 bits per heavy atom. The van der Waals surface area contributed by atoms with Crippen molar-refractivity contribution in [3.63, 3.8) is 0 Å². The van der Waals surface area contributed by atoms with E-state index in [1.54, 1.807) is 13.2 Å². The summed E-state index contributed by atoms with van der Waals surface area (Å²) in [7, 11) is 1.64. The first kappa shape index (κ1) is 18.9. The van der Waals surface area contributed by atoms with Gasteiger partial charge in [-0.3, -0.25) is 0 Å². The largest absolute Gasteiger partial charge is 0.497 e. The topological polar surface area (TPSA) is 93.6 Å². The fourth-order valence-corrected chi connectivity index (χ4v) is 3.04. The van der Waals surface area contributed by atoms with Gasteiger partial charge in [-0.25, -0.2) is 14.8 Å². The normalized spacial score (nSPS) is 12.3. The average molecular weight is 388 g/mol. The maximum Gasteiger partial charge on any atom is 0.354 e. The third-order valence-corrected chi connectivity index (χ3v) is 4.42. The minimum Gasteiger partial charge on any atom is -0.497 e. The Kier molecular flexibility index (Phi) is 5.43. The predicted octanol–water partition coefficient (Wildman–Crippen LogP) is 3.40. The molecule has 3 heterocycles. The lowest BCUT2D eigenvalue weighted by Gasteiger charge is -2.12. The molecule has 0 amide bonds. The van der Waals surface area contributed by atoms with Crippen molar-refractivity contribution < 1.29 is 19.4 Å². The monoisotopic (exact) mass is 387 g/mol. The number of hydrogen-bond acceptors (Lipinski definition) is 6. The van der Waals surface area contributed by atoms with E-state index in [0.29, 0.717) is 25.3 Å². The number of methoxy groups -OCH3 is 1. The number of ether oxygens (including phenoxy) is 2. The van der Waals surface area contributed by atoms with Crippen molar-refractivity contribution in [1.82, 2.24) is 9.97 Å². The fourth-order valence-electron chi connectivity index (χ4n) is 3.04. The predicted molar refractivity (Wildman–Crippen MR) is 103 cm³/mol. The first-order valence-electron chi connectivity index (χ1n) is 8.15. The minimum absolute atomic E-state index is 0. The van der Waals surface area contributed by atoms with Crippen LogP contribution >= 0.6 is 12.4 Å². The van der Waals surface area contributed by atoms with Gasteiger partial charge in [0.25, 0.3) is 0 Å². The molecule has 0 unspecified atom stereocenters. The number of pyridine rings is 2. The van der Waals surface area contributed by atoms with E-state index in [9.17, 15) is 4.79 Å². The second-order valence-corrected chi connectivity index (χ2v) is 6.00. The van der Waals surface area contributed by atoms with Gasteiger partial charge in [0.2, 0.25) is 0 Å². The van der Waals surface area contributed by atoms with Crippen LogP contribution in [0.15, 0.2) is 36.5 Å². The van der Waals surface area contributed by atoms with Gasteiger partial charge in [0.1, 0.15) is 17.3 Å². The first-order chi connectivity index (χ1) is 12.7. The van der Waals surface area contributed by atoms with Crippen molar-refractivity contribution in [1.29, 1.82) is 0 Å². The number of hydrogen-bond donors (Lipinski definition) is 2. The number of rotatable bonds is 5. The molecule has 0 fully saturated rings. The Morgan fingerprint density at radius 1 is 1.26 bits per heavy atom. The van der Waals surface area contributed by atoms with Gasteiger partial charge in [-0.05, 0) is 29.3 Å². The van der Waals surface area contributed by atoms with Crippen molar-refractivity contribution in [2.45, 2.75) is 19.8 Å². The Hall–Kier alpha value is -2.90. The number of nitrogens with one attached hydrogen (secondary N) is 1. The lowest BCUT2D eigenvalue weighted by atomic mass is 10.1. The summed E-state index contributed by atoms with van der Waals surface area (Å²) in [6.07, 6.45) is 1.50. The average Bonchev–Trinajstić information content (AvgIpc) is 3.16. The lowest BCUT2D eigenvalue weighted by molar-refractivity contribution is 0.0690. The number of carboxylic acid groups (broad SMARTS) is 1. The second kappa shape index (κ2) is 7.77. The minimum atomic E-state index is -1.05. The SMILES string of the molecule is COc1ccc(CNc2nc3cnc(C(=O)O)cc3c3c2COC3)cc1.Cl. The molecule has 1 aliphatic heterocycles. The van der Waals surface area contributed by atoms with E-state index < -0.39 is 5.97 Å². The molecular weight excluding hydrogens is 370 g/mol. The molecule has 4 rings (SSSR count). The van der Waals surface area contributed by atoms with Crippen molar-refractivity contribution >= 4 is 35.1 Å². The van der Waals surface area contributed by atoms with E-state index in [1.807, 2.05) is 24.3 Å². The van der Waals surface area contributed by atoms with Gasteiger partial charge in [-0.2, -0.15) is 0 Å². The van der Waals surface area contributed by atoms with E-state index in [-0.39, 0.29) is 18.1 Å². The Labute approximate surface area is 161 Å². The van der Waals surface area contributed by atoms with E-state index in [2.05, 4.69) is 15.3 Å². The molecule has 140 valence electrons. The molecule has 2 N–H and O–H groups in total. The molecule has 0 radical (unpaired) electrons. The van der Waals surface area contributed by atoms with Crippen LogP contribution in [-0.4, -0.2) is 28.2 Å². The highest BCUT2D eigenvalue weighted by atomic mass is 35.5. The number of anilines is 1. The summed E-state index contributed by atoms with van der Waals surface area (Å²) >= 11 is 0. The summed E-state index contributed by atoms with van der Waals surface area (Å²) < 4.78 is 10.8. The quantitative estimate of drug-likeness (QED) is 0.692. The van der Waals surface area contributed by atoms with Crippen LogP contribution in [0.2, 0.25) is 0 Å². The number of carboxylic acids is 1. The summed E-state index contributed by atoms with van der Waals surface area (Å²) in [4.78, 5) is 19.8. The fraction of sp³-hybridized carbons (Fsp3) is 0.211. The Balaban J connectivity index is 0.00000210. The lowest BCUT2D eigenvalue weighted by Crippen LogP contribution is -2.07. The smallest absolute Gasteiger partial charge is 0.354 e. The van der Waals surface area contributed by atoms with Crippen LogP contribution in [-0.2, 0) is 24.5 Å². The van der Waals surface area contributed by atoms with Gasteiger partial charge in [-0.15, -0.1) is 12.4 Å². The Bertz CT molecular complexity index is 992. The molecule has 27 heavy (non-hydrogen) atoms. The highest BCUT2D eigenvalue weighted by Crippen LogP contribution is 2.32. The molecule has 1 aromatic carbocycles. The van der Waals surface area contributed by atoms with E-state index >= 15 is 0 Å². The maximum absolute atomic E-state index is 11.2. The summed E-state index contributed by atoms with van der Waals surface area (Å²) in [5.74, 6) is 0.499. The number of carbonyl (C=O) groups is 1. The molecule has 0 atom stereocenters. The third kappa shape index (κ3) is 3.65. The Morgan fingerprint density at radius 3 is 2.70 bits per heavy atom. The third-order valence-electron chi connectivity index (χ3n) is 4.42. The van der Waals surface area contributed by atoms with Crippen molar-refractivity contribution in [3.8, 4) is 5.75 Å². The summed E-state index contributed by atoms with van der Waals surface area (Å²) in [6.45, 7) is 1.50. The van der Waals surface area contributed by atoms with Crippen LogP contribution < -0.4 is 10.1 Å². The molecule has 0 bridgehead atoms. The number of aromatic carboxylic acids is 1. The molecule has 0 saturated heterocycles. The van der Waals surface area contributed by atoms with Crippen LogP contribution in [0.4, 0.5) is 5.82 Å². The molecule has 2 aromatic heterocycles. The van der Waals surface area contributed by atoms with Crippen molar-refractivity contribution in [2.75, 3.05) is 12.4 Å². The van der Waals surface area contributed by atoms with Crippen LogP contribution in [0.1, 0.15) is 27.2 Å². The van der Waals surface area contributed by atoms with Crippen LogP contribution in [0, 0.1) is 0 Å². The van der Waals surface area contributed by atoms with Gasteiger partial charge < -0.3 is 19.9 Å². The van der Waals surface area contributed by atoms with Gasteiger partial charge in [-0.1, -0.05) is 12.1 Å². The molecule has 0 aliphatic carbocycles. The molecule has 8 heteroatoms.